The first-order valence-electron chi connectivity index (χ1n) is 7.00. The van der Waals surface area contributed by atoms with Gasteiger partial charge in [-0.2, -0.15) is 0 Å². The maximum atomic E-state index is 6.46. The molecule has 3 rings (SSSR count). The van der Waals surface area contributed by atoms with E-state index in [0.29, 0.717) is 12.1 Å². The lowest BCUT2D eigenvalue weighted by Crippen LogP contribution is -2.53. The Bertz CT molecular complexity index is 421. The monoisotopic (exact) mass is 246 g/mol. The summed E-state index contributed by atoms with van der Waals surface area (Å²) in [6.45, 7) is 4.19. The number of fused-ring (bicyclic) bond motifs is 1. The number of hydrogen-bond acceptors (Lipinski definition) is 3. The standard InChI is InChI=1S/C15H22N2O/c1-11-6-4-5-9-17(11)13-10-18-14-8-3-2-7-12(14)15(13)16/h2-3,7-8,11,13,15H,4-6,9-10,16H2,1H3. The maximum absolute atomic E-state index is 6.46. The molecule has 2 N–H and O–H groups in total. The molecule has 0 saturated carbocycles. The summed E-state index contributed by atoms with van der Waals surface area (Å²) < 4.78 is 5.89. The zero-order valence-electron chi connectivity index (χ0n) is 11.0. The Kier molecular flexibility index (Phi) is 3.27. The van der Waals surface area contributed by atoms with Crippen LogP contribution in [-0.2, 0) is 0 Å². The molecule has 0 spiro atoms. The van der Waals surface area contributed by atoms with Crippen LogP contribution in [-0.4, -0.2) is 30.1 Å². The van der Waals surface area contributed by atoms with Crippen molar-refractivity contribution in [3.05, 3.63) is 29.8 Å². The van der Waals surface area contributed by atoms with Crippen LogP contribution in [0.5, 0.6) is 5.75 Å². The van der Waals surface area contributed by atoms with Crippen molar-refractivity contribution >= 4 is 0 Å². The molecule has 2 heterocycles. The van der Waals surface area contributed by atoms with E-state index in [1.165, 1.54) is 19.3 Å². The molecule has 1 aromatic rings. The third-order valence-electron chi connectivity index (χ3n) is 4.38. The molecule has 3 heteroatoms. The Morgan fingerprint density at radius 3 is 2.94 bits per heavy atom. The number of benzene rings is 1. The summed E-state index contributed by atoms with van der Waals surface area (Å²) in [5.41, 5.74) is 7.62. The van der Waals surface area contributed by atoms with Crippen LogP contribution < -0.4 is 10.5 Å². The molecule has 2 aliphatic rings. The highest BCUT2D eigenvalue weighted by atomic mass is 16.5. The van der Waals surface area contributed by atoms with Gasteiger partial charge in [0, 0.05) is 11.6 Å². The van der Waals surface area contributed by atoms with Gasteiger partial charge in [0.25, 0.3) is 0 Å². The highest BCUT2D eigenvalue weighted by Crippen LogP contribution is 2.34. The minimum Gasteiger partial charge on any atom is -0.492 e. The zero-order valence-corrected chi connectivity index (χ0v) is 11.0. The van der Waals surface area contributed by atoms with Gasteiger partial charge in [-0.1, -0.05) is 24.6 Å². The van der Waals surface area contributed by atoms with Crippen LogP contribution in [0, 0.1) is 0 Å². The van der Waals surface area contributed by atoms with Crippen molar-refractivity contribution in [3.8, 4) is 5.75 Å². The van der Waals surface area contributed by atoms with Crippen LogP contribution in [0.1, 0.15) is 37.8 Å². The second-order valence-corrected chi connectivity index (χ2v) is 5.52. The molecule has 0 aliphatic carbocycles. The topological polar surface area (TPSA) is 38.5 Å². The third-order valence-corrected chi connectivity index (χ3v) is 4.38. The number of likely N-dealkylation sites (tertiary alicyclic amines) is 1. The van der Waals surface area contributed by atoms with E-state index >= 15 is 0 Å². The van der Waals surface area contributed by atoms with E-state index in [0.717, 1.165) is 24.5 Å². The van der Waals surface area contributed by atoms with Crippen LogP contribution in [0.2, 0.25) is 0 Å². The van der Waals surface area contributed by atoms with Gasteiger partial charge in [-0.25, -0.2) is 0 Å². The molecule has 3 nitrogen and oxygen atoms in total. The van der Waals surface area contributed by atoms with E-state index < -0.39 is 0 Å². The largest absolute Gasteiger partial charge is 0.492 e. The van der Waals surface area contributed by atoms with Crippen LogP contribution >= 0.6 is 0 Å². The van der Waals surface area contributed by atoms with E-state index in [2.05, 4.69) is 17.9 Å². The molecule has 1 fully saturated rings. The van der Waals surface area contributed by atoms with Crippen molar-refractivity contribution in [2.45, 2.75) is 44.3 Å². The van der Waals surface area contributed by atoms with Gasteiger partial charge < -0.3 is 10.5 Å². The van der Waals surface area contributed by atoms with E-state index in [4.69, 9.17) is 10.5 Å². The van der Waals surface area contributed by atoms with Gasteiger partial charge >= 0.3 is 0 Å². The van der Waals surface area contributed by atoms with Gasteiger partial charge in [-0.05, 0) is 32.4 Å². The van der Waals surface area contributed by atoms with Gasteiger partial charge in [-0.3, -0.25) is 4.90 Å². The predicted molar refractivity (Wildman–Crippen MR) is 72.7 cm³/mol. The molecule has 0 aromatic heterocycles. The summed E-state index contributed by atoms with van der Waals surface area (Å²) >= 11 is 0. The average Bonchev–Trinajstić information content (AvgIpc) is 2.41. The lowest BCUT2D eigenvalue weighted by atomic mass is 9.92. The first-order valence-corrected chi connectivity index (χ1v) is 7.00. The summed E-state index contributed by atoms with van der Waals surface area (Å²) in [5, 5.41) is 0. The Morgan fingerprint density at radius 2 is 2.11 bits per heavy atom. The first-order chi connectivity index (χ1) is 8.77. The molecular weight excluding hydrogens is 224 g/mol. The number of para-hydroxylation sites is 1. The van der Waals surface area contributed by atoms with Crippen LogP contribution in [0.25, 0.3) is 0 Å². The Hall–Kier alpha value is -1.06. The molecule has 0 amide bonds. The number of nitrogens with zero attached hydrogens (tertiary/aromatic N) is 1. The molecule has 0 radical (unpaired) electrons. The summed E-state index contributed by atoms with van der Waals surface area (Å²) in [6, 6.07) is 9.21. The van der Waals surface area contributed by atoms with E-state index in [1.54, 1.807) is 0 Å². The number of rotatable bonds is 1. The molecule has 3 unspecified atom stereocenters. The van der Waals surface area contributed by atoms with E-state index in [-0.39, 0.29) is 6.04 Å². The Morgan fingerprint density at radius 1 is 1.28 bits per heavy atom. The quantitative estimate of drug-likeness (QED) is 0.826. The molecule has 18 heavy (non-hydrogen) atoms. The lowest BCUT2D eigenvalue weighted by molar-refractivity contribution is 0.0462. The van der Waals surface area contributed by atoms with Crippen LogP contribution in [0.4, 0.5) is 0 Å². The lowest BCUT2D eigenvalue weighted by Gasteiger charge is -2.44. The normalized spacial score (nSPS) is 32.7. The number of ether oxygens (including phenoxy) is 1. The zero-order chi connectivity index (χ0) is 12.5. The van der Waals surface area contributed by atoms with Crippen molar-refractivity contribution in [2.24, 2.45) is 5.73 Å². The number of nitrogens with two attached hydrogens (primary N) is 1. The van der Waals surface area contributed by atoms with Crippen molar-refractivity contribution < 1.29 is 4.74 Å². The number of piperidine rings is 1. The minimum absolute atomic E-state index is 0.0792. The van der Waals surface area contributed by atoms with Gasteiger partial charge in [0.15, 0.2) is 0 Å². The fourth-order valence-electron chi connectivity index (χ4n) is 3.29. The summed E-state index contributed by atoms with van der Waals surface area (Å²) in [5.74, 6) is 0.964. The Labute approximate surface area is 109 Å². The van der Waals surface area contributed by atoms with Crippen molar-refractivity contribution in [1.29, 1.82) is 0 Å². The van der Waals surface area contributed by atoms with Gasteiger partial charge in [-0.15, -0.1) is 0 Å². The smallest absolute Gasteiger partial charge is 0.124 e. The molecule has 3 atom stereocenters. The molecule has 1 saturated heterocycles. The van der Waals surface area contributed by atoms with E-state index in [1.807, 2.05) is 18.2 Å². The molecule has 98 valence electrons. The van der Waals surface area contributed by atoms with Crippen LogP contribution in [0.15, 0.2) is 24.3 Å². The van der Waals surface area contributed by atoms with Gasteiger partial charge in [0.2, 0.25) is 0 Å². The van der Waals surface area contributed by atoms with Crippen LogP contribution in [0.3, 0.4) is 0 Å². The van der Waals surface area contributed by atoms with Crippen molar-refractivity contribution in [3.63, 3.8) is 0 Å². The average molecular weight is 246 g/mol. The highest BCUT2D eigenvalue weighted by Gasteiger charge is 2.35. The van der Waals surface area contributed by atoms with E-state index in [9.17, 15) is 0 Å². The first kappa shape index (κ1) is 12.0. The fraction of sp³-hybridized carbons (Fsp3) is 0.600. The number of hydrogen-bond donors (Lipinski definition) is 1. The molecular formula is C15H22N2O. The summed E-state index contributed by atoms with van der Waals surface area (Å²) in [6.07, 6.45) is 3.91. The summed E-state index contributed by atoms with van der Waals surface area (Å²) in [7, 11) is 0. The molecule has 1 aromatic carbocycles. The Balaban J connectivity index is 1.83. The SMILES string of the molecule is CC1CCCCN1C1COc2ccccc2C1N. The van der Waals surface area contributed by atoms with Gasteiger partial charge in [0.1, 0.15) is 12.4 Å². The summed E-state index contributed by atoms with van der Waals surface area (Å²) in [4.78, 5) is 2.55. The molecule has 0 bridgehead atoms. The van der Waals surface area contributed by atoms with Gasteiger partial charge in [0.05, 0.1) is 12.1 Å². The van der Waals surface area contributed by atoms with Crippen molar-refractivity contribution in [2.75, 3.05) is 13.2 Å². The highest BCUT2D eigenvalue weighted by molar-refractivity contribution is 5.38. The second-order valence-electron chi connectivity index (χ2n) is 5.52. The predicted octanol–water partition coefficient (Wildman–Crippen LogP) is 2.32. The minimum atomic E-state index is 0.0792. The fourth-order valence-corrected chi connectivity index (χ4v) is 3.29. The maximum Gasteiger partial charge on any atom is 0.124 e. The van der Waals surface area contributed by atoms with Crippen molar-refractivity contribution in [1.82, 2.24) is 4.90 Å². The molecule has 2 aliphatic heterocycles. The second kappa shape index (κ2) is 4.90. The third kappa shape index (κ3) is 2.02.